The summed E-state index contributed by atoms with van der Waals surface area (Å²) in [6.45, 7) is 1.78. The van der Waals surface area contributed by atoms with Crippen LogP contribution in [0.1, 0.15) is 32.6 Å². The lowest BCUT2D eigenvalue weighted by atomic mass is 9.84. The molecule has 1 saturated carbocycles. The van der Waals surface area contributed by atoms with Gasteiger partial charge >= 0.3 is 5.97 Å². The fraction of sp³-hybridized carbons (Fsp3) is 0.800. The highest BCUT2D eigenvalue weighted by atomic mass is 16.4. The Kier molecular flexibility index (Phi) is 3.49. The van der Waals surface area contributed by atoms with E-state index in [1.54, 1.807) is 14.0 Å². The predicted molar refractivity (Wildman–Crippen MR) is 51.8 cm³/mol. The van der Waals surface area contributed by atoms with Gasteiger partial charge in [-0.05, 0) is 19.3 Å². The number of likely N-dealkylation sites (N-methyl/N-ethyl adjacent to an activating group) is 1. The van der Waals surface area contributed by atoms with Crippen LogP contribution in [0.25, 0.3) is 0 Å². The van der Waals surface area contributed by atoms with E-state index in [1.807, 2.05) is 0 Å². The van der Waals surface area contributed by atoms with E-state index in [4.69, 9.17) is 5.11 Å². The summed E-state index contributed by atoms with van der Waals surface area (Å²) >= 11 is 0. The molecule has 1 amide bonds. The molecule has 0 aromatic rings. The Hall–Kier alpha value is -1.06. The van der Waals surface area contributed by atoms with Crippen LogP contribution in [0.3, 0.4) is 0 Å². The molecule has 0 aliphatic heterocycles. The zero-order chi connectivity index (χ0) is 10.7. The Morgan fingerprint density at radius 3 is 2.36 bits per heavy atom. The van der Waals surface area contributed by atoms with Gasteiger partial charge in [0.25, 0.3) is 0 Å². The van der Waals surface area contributed by atoms with Crippen LogP contribution in [0.2, 0.25) is 0 Å². The Balaban J connectivity index is 2.56. The van der Waals surface area contributed by atoms with Crippen LogP contribution in [0.15, 0.2) is 0 Å². The van der Waals surface area contributed by atoms with Crippen LogP contribution in [-0.4, -0.2) is 35.0 Å². The molecule has 4 nitrogen and oxygen atoms in total. The summed E-state index contributed by atoms with van der Waals surface area (Å²) in [7, 11) is 1.59. The van der Waals surface area contributed by atoms with E-state index in [0.717, 1.165) is 19.3 Å². The van der Waals surface area contributed by atoms with Crippen molar-refractivity contribution < 1.29 is 14.7 Å². The van der Waals surface area contributed by atoms with Crippen LogP contribution in [0.5, 0.6) is 0 Å². The first-order valence-corrected chi connectivity index (χ1v) is 5.07. The number of hydrogen-bond donors (Lipinski definition) is 1. The van der Waals surface area contributed by atoms with Crippen LogP contribution in [-0.2, 0) is 9.59 Å². The fourth-order valence-electron chi connectivity index (χ4n) is 1.71. The van der Waals surface area contributed by atoms with Gasteiger partial charge in [0.2, 0.25) is 5.91 Å². The molecule has 0 bridgehead atoms. The van der Waals surface area contributed by atoms with Crippen LogP contribution in [0, 0.1) is 5.92 Å². The maximum Gasteiger partial charge on any atom is 0.326 e. The van der Waals surface area contributed by atoms with Crippen LogP contribution < -0.4 is 0 Å². The Bertz CT molecular complexity index is 236. The summed E-state index contributed by atoms with van der Waals surface area (Å²) < 4.78 is 0. The maximum atomic E-state index is 11.7. The second-order valence-electron chi connectivity index (χ2n) is 3.84. The molecule has 1 N–H and O–H groups in total. The van der Waals surface area contributed by atoms with Crippen LogP contribution >= 0.6 is 0 Å². The summed E-state index contributed by atoms with van der Waals surface area (Å²) in [5.74, 6) is -0.846. The van der Waals surface area contributed by atoms with Crippen molar-refractivity contribution in [3.8, 4) is 0 Å². The molecular formula is C10H17NO3. The molecule has 80 valence electrons. The standard InChI is InChI=1S/C10H17NO3/c1-3-8(10(13)14)11(2)9(12)7-5-4-6-7/h7-8H,3-6H2,1-2H3,(H,13,14). The summed E-state index contributed by atoms with van der Waals surface area (Å²) in [5, 5.41) is 8.87. The van der Waals surface area contributed by atoms with Gasteiger partial charge in [-0.1, -0.05) is 13.3 Å². The maximum absolute atomic E-state index is 11.7. The quantitative estimate of drug-likeness (QED) is 0.737. The van der Waals surface area contributed by atoms with E-state index in [-0.39, 0.29) is 11.8 Å². The van der Waals surface area contributed by atoms with E-state index >= 15 is 0 Å². The third-order valence-corrected chi connectivity index (χ3v) is 2.94. The monoisotopic (exact) mass is 199 g/mol. The van der Waals surface area contributed by atoms with Crippen molar-refractivity contribution in [3.63, 3.8) is 0 Å². The van der Waals surface area contributed by atoms with E-state index < -0.39 is 12.0 Å². The van der Waals surface area contributed by atoms with Crippen molar-refractivity contribution in [3.05, 3.63) is 0 Å². The lowest BCUT2D eigenvalue weighted by molar-refractivity contribution is -0.152. The average Bonchev–Trinajstić information content (AvgIpc) is 2.01. The highest BCUT2D eigenvalue weighted by Crippen LogP contribution is 2.28. The first-order valence-electron chi connectivity index (χ1n) is 5.07. The van der Waals surface area contributed by atoms with Gasteiger partial charge < -0.3 is 10.0 Å². The van der Waals surface area contributed by atoms with Gasteiger partial charge in [0.15, 0.2) is 0 Å². The van der Waals surface area contributed by atoms with Crippen molar-refractivity contribution in [2.24, 2.45) is 5.92 Å². The number of aliphatic carboxylic acids is 1. The Morgan fingerprint density at radius 1 is 1.50 bits per heavy atom. The molecule has 0 heterocycles. The molecule has 1 rings (SSSR count). The fourth-order valence-corrected chi connectivity index (χ4v) is 1.71. The highest BCUT2D eigenvalue weighted by Gasteiger charge is 2.32. The molecule has 1 fully saturated rings. The van der Waals surface area contributed by atoms with Gasteiger partial charge in [-0.15, -0.1) is 0 Å². The predicted octanol–water partition coefficient (Wildman–Crippen LogP) is 1.11. The number of carbonyl (C=O) groups excluding carboxylic acids is 1. The minimum atomic E-state index is -0.914. The molecule has 14 heavy (non-hydrogen) atoms. The molecule has 0 aromatic carbocycles. The van der Waals surface area contributed by atoms with Crippen molar-refractivity contribution in [2.75, 3.05) is 7.05 Å². The van der Waals surface area contributed by atoms with Crippen molar-refractivity contribution >= 4 is 11.9 Å². The first kappa shape index (κ1) is 11.0. The molecule has 0 saturated heterocycles. The minimum Gasteiger partial charge on any atom is -0.480 e. The topological polar surface area (TPSA) is 57.6 Å². The minimum absolute atomic E-state index is 0.00880. The normalized spacial score (nSPS) is 18.4. The van der Waals surface area contributed by atoms with Crippen molar-refractivity contribution in [1.29, 1.82) is 0 Å². The summed E-state index contributed by atoms with van der Waals surface area (Å²) in [6.07, 6.45) is 3.39. The first-order chi connectivity index (χ1) is 6.57. The number of carboxylic acid groups (broad SMARTS) is 1. The Labute approximate surface area is 83.9 Å². The van der Waals surface area contributed by atoms with E-state index in [2.05, 4.69) is 0 Å². The molecule has 1 aliphatic carbocycles. The number of rotatable bonds is 4. The third kappa shape index (κ3) is 2.05. The number of hydrogen-bond acceptors (Lipinski definition) is 2. The van der Waals surface area contributed by atoms with Gasteiger partial charge in [-0.3, -0.25) is 4.79 Å². The zero-order valence-corrected chi connectivity index (χ0v) is 8.69. The summed E-state index contributed by atoms with van der Waals surface area (Å²) in [4.78, 5) is 23.9. The third-order valence-electron chi connectivity index (χ3n) is 2.94. The Morgan fingerprint density at radius 2 is 2.07 bits per heavy atom. The van der Waals surface area contributed by atoms with E-state index in [9.17, 15) is 9.59 Å². The van der Waals surface area contributed by atoms with Crippen molar-refractivity contribution in [2.45, 2.75) is 38.6 Å². The van der Waals surface area contributed by atoms with Gasteiger partial charge in [0.05, 0.1) is 0 Å². The summed E-state index contributed by atoms with van der Waals surface area (Å²) in [6, 6.07) is -0.664. The number of amides is 1. The second kappa shape index (κ2) is 4.44. The van der Waals surface area contributed by atoms with Gasteiger partial charge in [0.1, 0.15) is 6.04 Å². The molecule has 4 heteroatoms. The molecule has 1 aliphatic rings. The van der Waals surface area contributed by atoms with Crippen LogP contribution in [0.4, 0.5) is 0 Å². The molecule has 1 unspecified atom stereocenters. The summed E-state index contributed by atoms with van der Waals surface area (Å²) in [5.41, 5.74) is 0. The number of nitrogens with zero attached hydrogens (tertiary/aromatic N) is 1. The lowest BCUT2D eigenvalue weighted by Crippen LogP contribution is -2.46. The highest BCUT2D eigenvalue weighted by molar-refractivity contribution is 5.85. The van der Waals surface area contributed by atoms with Gasteiger partial charge in [-0.2, -0.15) is 0 Å². The average molecular weight is 199 g/mol. The van der Waals surface area contributed by atoms with Gasteiger partial charge in [-0.25, -0.2) is 4.79 Å². The number of carbonyl (C=O) groups is 2. The smallest absolute Gasteiger partial charge is 0.326 e. The molecule has 0 radical (unpaired) electrons. The number of carboxylic acids is 1. The molecule has 0 aromatic heterocycles. The lowest BCUT2D eigenvalue weighted by Gasteiger charge is -2.32. The SMILES string of the molecule is CCC(C(=O)O)N(C)C(=O)C1CCC1. The van der Waals surface area contributed by atoms with Crippen molar-refractivity contribution in [1.82, 2.24) is 4.90 Å². The van der Waals surface area contributed by atoms with E-state index in [1.165, 1.54) is 4.90 Å². The van der Waals surface area contributed by atoms with E-state index in [0.29, 0.717) is 6.42 Å². The molecule has 1 atom stereocenters. The zero-order valence-electron chi connectivity index (χ0n) is 8.69. The molecular weight excluding hydrogens is 182 g/mol. The second-order valence-corrected chi connectivity index (χ2v) is 3.84. The largest absolute Gasteiger partial charge is 0.480 e. The molecule has 0 spiro atoms. The van der Waals surface area contributed by atoms with Gasteiger partial charge in [0, 0.05) is 13.0 Å².